The predicted molar refractivity (Wildman–Crippen MR) is 83.8 cm³/mol. The van der Waals surface area contributed by atoms with Crippen molar-refractivity contribution in [2.24, 2.45) is 0 Å². The second-order valence-corrected chi connectivity index (χ2v) is 6.22. The topological polar surface area (TPSA) is 32.8 Å². The lowest BCUT2D eigenvalue weighted by molar-refractivity contribution is -0.146. The molecule has 1 amide bonds. The first-order valence-corrected chi connectivity index (χ1v) is 8.28. The van der Waals surface area contributed by atoms with Crippen molar-refractivity contribution >= 4 is 11.6 Å². The van der Waals surface area contributed by atoms with Crippen LogP contribution in [0.2, 0.25) is 0 Å². The maximum atomic E-state index is 12.8. The largest absolute Gasteiger partial charge is 0.416 e. The van der Waals surface area contributed by atoms with Crippen molar-refractivity contribution in [1.82, 2.24) is 4.90 Å². The fourth-order valence-corrected chi connectivity index (χ4v) is 3.20. The van der Waals surface area contributed by atoms with Gasteiger partial charge in [-0.05, 0) is 37.5 Å². The molecule has 0 spiro atoms. The van der Waals surface area contributed by atoms with Gasteiger partial charge in [-0.2, -0.15) is 13.2 Å². The van der Waals surface area contributed by atoms with Gasteiger partial charge in [-0.1, -0.05) is 6.07 Å². The molecule has 24 heavy (non-hydrogen) atoms. The zero-order valence-electron chi connectivity index (χ0n) is 13.4. The third-order valence-corrected chi connectivity index (χ3v) is 4.59. The Morgan fingerprint density at radius 1 is 1.12 bits per heavy atom. The van der Waals surface area contributed by atoms with Gasteiger partial charge in [0.2, 0.25) is 0 Å². The number of benzene rings is 1. The van der Waals surface area contributed by atoms with Gasteiger partial charge < -0.3 is 14.5 Å². The van der Waals surface area contributed by atoms with Crippen molar-refractivity contribution in [3.8, 4) is 0 Å². The number of anilines is 1. The highest BCUT2D eigenvalue weighted by atomic mass is 19.4. The van der Waals surface area contributed by atoms with Gasteiger partial charge in [-0.25, -0.2) is 0 Å². The number of hydrogen-bond donors (Lipinski definition) is 0. The molecule has 1 aromatic carbocycles. The van der Waals surface area contributed by atoms with Crippen LogP contribution < -0.4 is 4.90 Å². The summed E-state index contributed by atoms with van der Waals surface area (Å²) >= 11 is 0. The second kappa shape index (κ2) is 7.01. The Kier molecular flexibility index (Phi) is 4.99. The van der Waals surface area contributed by atoms with E-state index < -0.39 is 11.7 Å². The van der Waals surface area contributed by atoms with E-state index in [2.05, 4.69) is 0 Å². The van der Waals surface area contributed by atoms with E-state index in [9.17, 15) is 18.0 Å². The van der Waals surface area contributed by atoms with Crippen LogP contribution in [0.15, 0.2) is 24.3 Å². The minimum absolute atomic E-state index is 0.0124. The fourth-order valence-electron chi connectivity index (χ4n) is 3.20. The summed E-state index contributed by atoms with van der Waals surface area (Å²) < 4.78 is 44.0. The molecule has 4 nitrogen and oxygen atoms in total. The molecule has 1 aromatic rings. The van der Waals surface area contributed by atoms with Gasteiger partial charge in [0.05, 0.1) is 5.56 Å². The molecule has 0 bridgehead atoms. The molecule has 0 aliphatic carbocycles. The number of nitrogens with zero attached hydrogens (tertiary/aromatic N) is 2. The number of halogens is 3. The lowest BCUT2D eigenvalue weighted by Gasteiger charge is -2.38. The van der Waals surface area contributed by atoms with Gasteiger partial charge in [0, 0.05) is 38.5 Å². The Balaban J connectivity index is 1.60. The maximum absolute atomic E-state index is 12.8. The highest BCUT2D eigenvalue weighted by Gasteiger charge is 2.32. The van der Waals surface area contributed by atoms with Crippen LogP contribution in [0.3, 0.4) is 0 Å². The van der Waals surface area contributed by atoms with E-state index in [1.807, 2.05) is 4.90 Å². The van der Waals surface area contributed by atoms with Crippen molar-refractivity contribution in [3.05, 3.63) is 29.8 Å². The Hall–Kier alpha value is -1.76. The summed E-state index contributed by atoms with van der Waals surface area (Å²) in [4.78, 5) is 16.1. The van der Waals surface area contributed by atoms with Crippen LogP contribution in [0.5, 0.6) is 0 Å². The van der Waals surface area contributed by atoms with Crippen LogP contribution >= 0.6 is 0 Å². The van der Waals surface area contributed by atoms with Crippen molar-refractivity contribution in [2.75, 3.05) is 37.7 Å². The van der Waals surface area contributed by atoms with Gasteiger partial charge in [0.1, 0.15) is 6.10 Å². The number of ether oxygens (including phenoxy) is 1. The second-order valence-electron chi connectivity index (χ2n) is 6.22. The molecular weight excluding hydrogens is 321 g/mol. The summed E-state index contributed by atoms with van der Waals surface area (Å²) in [5.74, 6) is 0.0124. The first-order valence-electron chi connectivity index (χ1n) is 8.28. The molecule has 0 N–H and O–H groups in total. The summed E-state index contributed by atoms with van der Waals surface area (Å²) in [5, 5.41) is 0. The number of piperazine rings is 1. The minimum Gasteiger partial charge on any atom is -0.368 e. The molecule has 1 unspecified atom stereocenters. The number of hydrogen-bond acceptors (Lipinski definition) is 3. The molecule has 2 aliphatic rings. The average Bonchev–Trinajstić information content (AvgIpc) is 2.61. The third-order valence-electron chi connectivity index (χ3n) is 4.59. The zero-order chi connectivity index (χ0) is 17.2. The minimum atomic E-state index is -4.34. The van der Waals surface area contributed by atoms with Crippen molar-refractivity contribution in [3.63, 3.8) is 0 Å². The molecule has 2 aliphatic heterocycles. The number of carbonyl (C=O) groups is 1. The number of amides is 1. The van der Waals surface area contributed by atoms with E-state index in [4.69, 9.17) is 4.74 Å². The molecule has 0 radical (unpaired) electrons. The van der Waals surface area contributed by atoms with E-state index in [1.54, 1.807) is 11.0 Å². The SMILES string of the molecule is O=C(C1CCCCO1)N1CCN(c2cccc(C(F)(F)F)c2)CC1. The van der Waals surface area contributed by atoms with Gasteiger partial charge >= 0.3 is 6.18 Å². The standard InChI is InChI=1S/C17H21F3N2O2/c18-17(19,20)13-4-3-5-14(12-13)21-7-9-22(10-8-21)16(23)15-6-1-2-11-24-15/h3-5,12,15H,1-2,6-11H2. The molecule has 0 saturated carbocycles. The smallest absolute Gasteiger partial charge is 0.368 e. The van der Waals surface area contributed by atoms with Gasteiger partial charge in [-0.3, -0.25) is 4.79 Å². The average molecular weight is 342 g/mol. The van der Waals surface area contributed by atoms with E-state index in [0.29, 0.717) is 38.5 Å². The summed E-state index contributed by atoms with van der Waals surface area (Å²) in [7, 11) is 0. The monoisotopic (exact) mass is 342 g/mol. The number of alkyl halides is 3. The lowest BCUT2D eigenvalue weighted by Crippen LogP contribution is -2.52. The number of rotatable bonds is 2. The van der Waals surface area contributed by atoms with Crippen LogP contribution in [0.1, 0.15) is 24.8 Å². The quantitative estimate of drug-likeness (QED) is 0.828. The lowest BCUT2D eigenvalue weighted by atomic mass is 10.1. The highest BCUT2D eigenvalue weighted by molar-refractivity contribution is 5.81. The highest BCUT2D eigenvalue weighted by Crippen LogP contribution is 2.32. The molecule has 2 heterocycles. The van der Waals surface area contributed by atoms with E-state index in [1.165, 1.54) is 12.1 Å². The van der Waals surface area contributed by atoms with Crippen LogP contribution in [-0.2, 0) is 15.7 Å². The van der Waals surface area contributed by atoms with E-state index in [0.717, 1.165) is 25.3 Å². The van der Waals surface area contributed by atoms with Crippen LogP contribution in [0.25, 0.3) is 0 Å². The summed E-state index contributed by atoms with van der Waals surface area (Å²) in [5.41, 5.74) is -0.0973. The molecule has 2 saturated heterocycles. The van der Waals surface area contributed by atoms with E-state index >= 15 is 0 Å². The maximum Gasteiger partial charge on any atom is 0.416 e. The predicted octanol–water partition coefficient (Wildman–Crippen LogP) is 2.92. The fraction of sp³-hybridized carbons (Fsp3) is 0.588. The molecule has 3 rings (SSSR count). The summed E-state index contributed by atoms with van der Waals surface area (Å²) in [6.45, 7) is 2.70. The zero-order valence-corrected chi connectivity index (χ0v) is 13.4. The van der Waals surface area contributed by atoms with Crippen molar-refractivity contribution in [2.45, 2.75) is 31.5 Å². The van der Waals surface area contributed by atoms with Crippen LogP contribution in [-0.4, -0.2) is 49.7 Å². The molecule has 7 heteroatoms. The molecule has 0 aromatic heterocycles. The van der Waals surface area contributed by atoms with Gasteiger partial charge in [0.25, 0.3) is 5.91 Å². The van der Waals surface area contributed by atoms with Crippen LogP contribution in [0.4, 0.5) is 18.9 Å². The van der Waals surface area contributed by atoms with Crippen molar-refractivity contribution in [1.29, 1.82) is 0 Å². The number of carbonyl (C=O) groups excluding carboxylic acids is 1. The molecular formula is C17H21F3N2O2. The molecule has 132 valence electrons. The Bertz CT molecular complexity index is 577. The molecule has 1 atom stereocenters. The van der Waals surface area contributed by atoms with Gasteiger partial charge in [-0.15, -0.1) is 0 Å². The van der Waals surface area contributed by atoms with Crippen molar-refractivity contribution < 1.29 is 22.7 Å². The van der Waals surface area contributed by atoms with E-state index in [-0.39, 0.29) is 12.0 Å². The Morgan fingerprint density at radius 3 is 2.50 bits per heavy atom. The summed E-state index contributed by atoms with van der Waals surface area (Å²) in [6, 6.07) is 5.34. The van der Waals surface area contributed by atoms with Crippen LogP contribution in [0, 0.1) is 0 Å². The first kappa shape index (κ1) is 17.1. The Morgan fingerprint density at radius 2 is 1.88 bits per heavy atom. The Labute approximate surface area is 139 Å². The van der Waals surface area contributed by atoms with Gasteiger partial charge in [0.15, 0.2) is 0 Å². The molecule has 2 fully saturated rings. The third kappa shape index (κ3) is 3.83. The summed E-state index contributed by atoms with van der Waals surface area (Å²) in [6.07, 6.45) is -1.94. The first-order chi connectivity index (χ1) is 11.4. The normalized spacial score (nSPS) is 22.5.